The van der Waals surface area contributed by atoms with Gasteiger partial charge in [0, 0.05) is 5.69 Å². The molecular formula is C19H22F3N3O. The predicted molar refractivity (Wildman–Crippen MR) is 96.9 cm³/mol. The van der Waals surface area contributed by atoms with Crippen molar-refractivity contribution in [1.29, 1.82) is 0 Å². The lowest BCUT2D eigenvalue weighted by molar-refractivity contribution is -0.176. The maximum absolute atomic E-state index is 12.1. The summed E-state index contributed by atoms with van der Waals surface area (Å²) < 4.78 is 41.0. The van der Waals surface area contributed by atoms with Gasteiger partial charge in [0.1, 0.15) is 6.61 Å². The van der Waals surface area contributed by atoms with Crippen LogP contribution in [0.3, 0.4) is 0 Å². The lowest BCUT2D eigenvalue weighted by Gasteiger charge is -2.09. The van der Waals surface area contributed by atoms with Gasteiger partial charge in [-0.3, -0.25) is 0 Å². The van der Waals surface area contributed by atoms with E-state index in [1.807, 2.05) is 30.3 Å². The van der Waals surface area contributed by atoms with Gasteiger partial charge in [0.05, 0.1) is 13.2 Å². The molecule has 0 fully saturated rings. The van der Waals surface area contributed by atoms with Crippen molar-refractivity contribution in [3.8, 4) is 0 Å². The molecule has 0 unspecified atom stereocenters. The number of nitrogens with one attached hydrogen (secondary N) is 1. The van der Waals surface area contributed by atoms with Gasteiger partial charge >= 0.3 is 6.18 Å². The summed E-state index contributed by atoms with van der Waals surface area (Å²) in [7, 11) is 0. The molecule has 0 radical (unpaired) electrons. The summed E-state index contributed by atoms with van der Waals surface area (Å²) in [4.78, 5) is 4.27. The van der Waals surface area contributed by atoms with Gasteiger partial charge in [-0.05, 0) is 35.2 Å². The number of alkyl halides is 3. The van der Waals surface area contributed by atoms with Gasteiger partial charge in [-0.2, -0.15) is 13.2 Å². The van der Waals surface area contributed by atoms with E-state index in [2.05, 4.69) is 22.0 Å². The summed E-state index contributed by atoms with van der Waals surface area (Å²) in [6.07, 6.45) is -3.40. The Bertz CT molecular complexity index is 745. The van der Waals surface area contributed by atoms with Gasteiger partial charge in [-0.1, -0.05) is 43.3 Å². The monoisotopic (exact) mass is 365 g/mol. The summed E-state index contributed by atoms with van der Waals surface area (Å²) in [5.74, 6) is 0.275. The van der Waals surface area contributed by atoms with E-state index < -0.39 is 12.8 Å². The average molecular weight is 365 g/mol. The van der Waals surface area contributed by atoms with E-state index in [0.29, 0.717) is 12.1 Å². The van der Waals surface area contributed by atoms with Crippen LogP contribution in [0, 0.1) is 0 Å². The van der Waals surface area contributed by atoms with Crippen LogP contribution in [-0.4, -0.2) is 18.7 Å². The Kier molecular flexibility index (Phi) is 7.03. The zero-order valence-corrected chi connectivity index (χ0v) is 14.5. The molecule has 0 aliphatic carbocycles. The number of nitrogens with two attached hydrogens (primary N) is 1. The Morgan fingerprint density at radius 1 is 1.08 bits per heavy atom. The minimum absolute atomic E-state index is 0.103. The molecular weight excluding hydrogens is 343 g/mol. The van der Waals surface area contributed by atoms with Crippen molar-refractivity contribution in [1.82, 2.24) is 0 Å². The first-order valence-corrected chi connectivity index (χ1v) is 8.24. The number of rotatable bonds is 7. The largest absolute Gasteiger partial charge is 0.411 e. The Morgan fingerprint density at radius 3 is 2.50 bits per heavy atom. The van der Waals surface area contributed by atoms with Crippen molar-refractivity contribution in [2.75, 3.05) is 11.9 Å². The Hall–Kier alpha value is -2.54. The molecule has 0 saturated carbocycles. The molecule has 0 bridgehead atoms. The van der Waals surface area contributed by atoms with Gasteiger partial charge in [-0.15, -0.1) is 0 Å². The summed E-state index contributed by atoms with van der Waals surface area (Å²) >= 11 is 0. The van der Waals surface area contributed by atoms with Crippen molar-refractivity contribution < 1.29 is 17.9 Å². The fourth-order valence-electron chi connectivity index (χ4n) is 2.34. The number of aliphatic imine (C=N–C) groups is 1. The number of benzene rings is 2. The second kappa shape index (κ2) is 9.24. The van der Waals surface area contributed by atoms with E-state index in [0.717, 1.165) is 17.7 Å². The molecule has 0 aliphatic rings. The second-order valence-electron chi connectivity index (χ2n) is 5.81. The lowest BCUT2D eigenvalue weighted by atomic mass is 10.1. The van der Waals surface area contributed by atoms with Crippen LogP contribution in [0.5, 0.6) is 0 Å². The Balaban J connectivity index is 1.91. The molecule has 140 valence electrons. The number of nitrogens with zero attached hydrogens (tertiary/aromatic N) is 1. The third kappa shape index (κ3) is 7.14. The third-order valence-corrected chi connectivity index (χ3v) is 3.57. The Labute approximate surface area is 150 Å². The molecule has 2 aromatic rings. The van der Waals surface area contributed by atoms with Crippen LogP contribution in [-0.2, 0) is 24.3 Å². The second-order valence-corrected chi connectivity index (χ2v) is 5.81. The van der Waals surface area contributed by atoms with Crippen molar-refractivity contribution in [2.24, 2.45) is 10.7 Å². The van der Waals surface area contributed by atoms with E-state index in [1.54, 1.807) is 18.2 Å². The summed E-state index contributed by atoms with van der Waals surface area (Å²) in [5.41, 5.74) is 9.45. The quantitative estimate of drug-likeness (QED) is 0.569. The summed E-state index contributed by atoms with van der Waals surface area (Å²) in [6, 6.07) is 14.9. The van der Waals surface area contributed by atoms with Crippen molar-refractivity contribution >= 4 is 11.6 Å². The number of anilines is 1. The zero-order chi connectivity index (χ0) is 19.0. The highest BCUT2D eigenvalue weighted by Gasteiger charge is 2.27. The highest BCUT2D eigenvalue weighted by molar-refractivity contribution is 5.92. The number of hydrogen-bond donors (Lipinski definition) is 2. The van der Waals surface area contributed by atoms with Crippen LogP contribution >= 0.6 is 0 Å². The minimum Gasteiger partial charge on any atom is -0.370 e. The maximum atomic E-state index is 12.1. The van der Waals surface area contributed by atoms with E-state index in [-0.39, 0.29) is 12.6 Å². The minimum atomic E-state index is -4.32. The van der Waals surface area contributed by atoms with E-state index >= 15 is 0 Å². The normalized spacial score (nSPS) is 12.2. The Morgan fingerprint density at radius 2 is 1.77 bits per heavy atom. The average Bonchev–Trinajstić information content (AvgIpc) is 2.59. The number of aryl methyl sites for hydroxylation is 1. The number of ether oxygens (including phenoxy) is 1. The first-order chi connectivity index (χ1) is 12.4. The van der Waals surface area contributed by atoms with Gasteiger partial charge in [-0.25, -0.2) is 4.99 Å². The van der Waals surface area contributed by atoms with Crippen LogP contribution in [0.1, 0.15) is 23.6 Å². The molecule has 0 aliphatic heterocycles. The van der Waals surface area contributed by atoms with Crippen LogP contribution in [0.15, 0.2) is 53.5 Å². The predicted octanol–water partition coefficient (Wildman–Crippen LogP) is 4.25. The standard InChI is InChI=1S/C19H22F3N3O/c1-2-14-5-4-8-17(10-14)25-18(23)24-11-15-6-3-7-16(9-15)12-26-13-19(20,21)22/h3-10H,2,11-13H2,1H3,(H3,23,24,25). The van der Waals surface area contributed by atoms with Gasteiger partial charge in [0.15, 0.2) is 5.96 Å². The van der Waals surface area contributed by atoms with E-state index in [9.17, 15) is 13.2 Å². The molecule has 26 heavy (non-hydrogen) atoms. The molecule has 2 rings (SSSR count). The molecule has 7 heteroatoms. The van der Waals surface area contributed by atoms with Crippen molar-refractivity contribution in [3.05, 3.63) is 65.2 Å². The molecule has 0 spiro atoms. The molecule has 0 amide bonds. The van der Waals surface area contributed by atoms with Gasteiger partial charge in [0.25, 0.3) is 0 Å². The lowest BCUT2D eigenvalue weighted by Crippen LogP contribution is -2.22. The van der Waals surface area contributed by atoms with Crippen LogP contribution in [0.25, 0.3) is 0 Å². The van der Waals surface area contributed by atoms with E-state index in [1.165, 1.54) is 5.56 Å². The van der Waals surface area contributed by atoms with Crippen LogP contribution in [0.2, 0.25) is 0 Å². The smallest absolute Gasteiger partial charge is 0.370 e. The first kappa shape index (κ1) is 19.8. The molecule has 0 saturated heterocycles. The maximum Gasteiger partial charge on any atom is 0.411 e. The number of guanidine groups is 1. The van der Waals surface area contributed by atoms with Gasteiger partial charge < -0.3 is 15.8 Å². The topological polar surface area (TPSA) is 59.6 Å². The molecule has 2 aromatic carbocycles. The molecule has 4 nitrogen and oxygen atoms in total. The SMILES string of the molecule is CCc1cccc(NC(N)=NCc2cccc(COCC(F)(F)F)c2)c1. The number of hydrogen-bond acceptors (Lipinski definition) is 2. The van der Waals surface area contributed by atoms with Crippen LogP contribution in [0.4, 0.5) is 18.9 Å². The molecule has 3 N–H and O–H groups in total. The summed E-state index contributed by atoms with van der Waals surface area (Å²) in [6.45, 7) is 1.03. The molecule has 0 atom stereocenters. The summed E-state index contributed by atoms with van der Waals surface area (Å²) in [5, 5.41) is 3.03. The molecule has 0 aromatic heterocycles. The van der Waals surface area contributed by atoms with Crippen LogP contribution < -0.4 is 11.1 Å². The first-order valence-electron chi connectivity index (χ1n) is 8.24. The van der Waals surface area contributed by atoms with Crippen molar-refractivity contribution in [2.45, 2.75) is 32.7 Å². The highest BCUT2D eigenvalue weighted by atomic mass is 19.4. The highest BCUT2D eigenvalue weighted by Crippen LogP contribution is 2.16. The zero-order valence-electron chi connectivity index (χ0n) is 14.5. The van der Waals surface area contributed by atoms with Gasteiger partial charge in [0.2, 0.25) is 0 Å². The third-order valence-electron chi connectivity index (χ3n) is 3.57. The fraction of sp³-hybridized carbons (Fsp3) is 0.316. The van der Waals surface area contributed by atoms with Crippen molar-refractivity contribution in [3.63, 3.8) is 0 Å². The van der Waals surface area contributed by atoms with E-state index in [4.69, 9.17) is 5.73 Å². The molecule has 0 heterocycles. The fourth-order valence-corrected chi connectivity index (χ4v) is 2.34. The number of halogens is 3.